The Labute approximate surface area is 137 Å². The number of imide groups is 1. The van der Waals surface area contributed by atoms with Crippen LogP contribution in [0.1, 0.15) is 32.1 Å². The number of para-hydroxylation sites is 1. The van der Waals surface area contributed by atoms with Crippen molar-refractivity contribution in [3.05, 3.63) is 30.3 Å². The van der Waals surface area contributed by atoms with Gasteiger partial charge in [0.2, 0.25) is 5.91 Å². The first kappa shape index (κ1) is 16.0. The quantitative estimate of drug-likeness (QED) is 0.913. The number of rotatable bonds is 2. The second-order valence-electron chi connectivity index (χ2n) is 6.36. The molecule has 0 spiro atoms. The van der Waals surface area contributed by atoms with E-state index in [1.165, 1.54) is 11.3 Å². The van der Waals surface area contributed by atoms with Crippen molar-refractivity contribution in [2.75, 3.05) is 31.1 Å². The molecular weight excluding hydrogens is 290 g/mol. The summed E-state index contributed by atoms with van der Waals surface area (Å²) in [5.74, 6) is -0.0461. The minimum atomic E-state index is -0.173. The molecule has 1 saturated carbocycles. The molecule has 1 aromatic carbocycles. The Bertz CT molecular complexity index is 504. The molecule has 5 heteroatoms. The largest absolute Gasteiger partial charge is 0.331 e. The SMILES string of the molecule is O=C(C1CCCCC1)N(C(=O)N1CCNCC1)c1ccccc1. The molecule has 1 N–H and O–H groups in total. The highest BCUT2D eigenvalue weighted by Gasteiger charge is 2.33. The summed E-state index contributed by atoms with van der Waals surface area (Å²) in [6.45, 7) is 2.87. The minimum absolute atomic E-state index is 0.0178. The number of piperazine rings is 1. The zero-order valence-corrected chi connectivity index (χ0v) is 13.5. The van der Waals surface area contributed by atoms with Crippen molar-refractivity contribution in [2.24, 2.45) is 5.92 Å². The van der Waals surface area contributed by atoms with E-state index in [0.29, 0.717) is 18.8 Å². The van der Waals surface area contributed by atoms with E-state index >= 15 is 0 Å². The van der Waals surface area contributed by atoms with Gasteiger partial charge in [0.15, 0.2) is 0 Å². The van der Waals surface area contributed by atoms with Crippen molar-refractivity contribution in [3.63, 3.8) is 0 Å². The molecule has 0 radical (unpaired) electrons. The summed E-state index contributed by atoms with van der Waals surface area (Å²) in [6, 6.07) is 9.18. The number of anilines is 1. The molecular formula is C18H25N3O2. The number of urea groups is 1. The van der Waals surface area contributed by atoms with E-state index in [1.807, 2.05) is 30.3 Å². The van der Waals surface area contributed by atoms with E-state index in [-0.39, 0.29) is 17.9 Å². The number of nitrogens with zero attached hydrogens (tertiary/aromatic N) is 2. The Morgan fingerprint density at radius 3 is 2.30 bits per heavy atom. The van der Waals surface area contributed by atoms with E-state index < -0.39 is 0 Å². The monoisotopic (exact) mass is 315 g/mol. The Kier molecular flexibility index (Phi) is 5.28. The van der Waals surface area contributed by atoms with Crippen LogP contribution in [0.3, 0.4) is 0 Å². The molecule has 0 aromatic heterocycles. The Morgan fingerprint density at radius 2 is 1.65 bits per heavy atom. The zero-order chi connectivity index (χ0) is 16.1. The maximum atomic E-state index is 13.0. The highest BCUT2D eigenvalue weighted by atomic mass is 16.2. The molecule has 0 unspecified atom stereocenters. The molecule has 5 nitrogen and oxygen atoms in total. The molecule has 1 aliphatic heterocycles. The molecule has 0 bridgehead atoms. The summed E-state index contributed by atoms with van der Waals surface area (Å²) in [5, 5.41) is 3.24. The summed E-state index contributed by atoms with van der Waals surface area (Å²) >= 11 is 0. The third kappa shape index (κ3) is 3.72. The number of amides is 3. The van der Waals surface area contributed by atoms with Crippen LogP contribution in [-0.2, 0) is 4.79 Å². The number of benzene rings is 1. The summed E-state index contributed by atoms with van der Waals surface area (Å²) in [6.07, 6.45) is 5.16. The Balaban J connectivity index is 1.83. The summed E-state index contributed by atoms with van der Waals surface area (Å²) in [7, 11) is 0. The molecule has 3 amide bonds. The number of hydrogen-bond donors (Lipinski definition) is 1. The van der Waals surface area contributed by atoms with Gasteiger partial charge < -0.3 is 10.2 Å². The fourth-order valence-electron chi connectivity index (χ4n) is 3.44. The van der Waals surface area contributed by atoms with Crippen molar-refractivity contribution in [2.45, 2.75) is 32.1 Å². The van der Waals surface area contributed by atoms with Gasteiger partial charge in [-0.05, 0) is 25.0 Å². The lowest BCUT2D eigenvalue weighted by Crippen LogP contribution is -2.54. The van der Waals surface area contributed by atoms with Gasteiger partial charge in [0.1, 0.15) is 0 Å². The average Bonchev–Trinajstić information content (AvgIpc) is 2.64. The normalized spacial score (nSPS) is 19.4. The van der Waals surface area contributed by atoms with Crippen LogP contribution in [0.2, 0.25) is 0 Å². The van der Waals surface area contributed by atoms with Gasteiger partial charge in [-0.15, -0.1) is 0 Å². The Morgan fingerprint density at radius 1 is 1.00 bits per heavy atom. The van der Waals surface area contributed by atoms with Crippen LogP contribution in [0.15, 0.2) is 30.3 Å². The van der Waals surface area contributed by atoms with E-state index in [0.717, 1.165) is 38.8 Å². The van der Waals surface area contributed by atoms with Crippen LogP contribution in [0.25, 0.3) is 0 Å². The van der Waals surface area contributed by atoms with E-state index in [9.17, 15) is 9.59 Å². The first-order valence-electron chi connectivity index (χ1n) is 8.66. The molecule has 1 aliphatic carbocycles. The van der Waals surface area contributed by atoms with Crippen molar-refractivity contribution >= 4 is 17.6 Å². The third-order valence-corrected chi connectivity index (χ3v) is 4.77. The van der Waals surface area contributed by atoms with E-state index in [4.69, 9.17) is 0 Å². The van der Waals surface area contributed by atoms with Crippen LogP contribution in [0, 0.1) is 5.92 Å². The lowest BCUT2D eigenvalue weighted by atomic mass is 9.88. The predicted octanol–water partition coefficient (Wildman–Crippen LogP) is 2.63. The van der Waals surface area contributed by atoms with Crippen LogP contribution in [-0.4, -0.2) is 43.0 Å². The lowest BCUT2D eigenvalue weighted by Gasteiger charge is -2.34. The van der Waals surface area contributed by atoms with Crippen molar-refractivity contribution in [3.8, 4) is 0 Å². The zero-order valence-electron chi connectivity index (χ0n) is 13.5. The van der Waals surface area contributed by atoms with Crippen LogP contribution in [0.5, 0.6) is 0 Å². The van der Waals surface area contributed by atoms with E-state index in [2.05, 4.69) is 5.32 Å². The molecule has 124 valence electrons. The van der Waals surface area contributed by atoms with Gasteiger partial charge in [0.05, 0.1) is 5.69 Å². The van der Waals surface area contributed by atoms with Crippen molar-refractivity contribution in [1.82, 2.24) is 10.2 Å². The highest BCUT2D eigenvalue weighted by molar-refractivity contribution is 6.14. The lowest BCUT2D eigenvalue weighted by molar-refractivity contribution is -0.122. The Hall–Kier alpha value is -1.88. The standard InChI is InChI=1S/C18H25N3O2/c22-17(15-7-3-1-4-8-15)21(16-9-5-2-6-10-16)18(23)20-13-11-19-12-14-20/h2,5-6,9-10,15,19H,1,3-4,7-8,11-14H2. The number of carbonyl (C=O) groups is 2. The molecule has 2 aliphatic rings. The van der Waals surface area contributed by atoms with Gasteiger partial charge in [-0.3, -0.25) is 4.79 Å². The van der Waals surface area contributed by atoms with Gasteiger partial charge >= 0.3 is 6.03 Å². The van der Waals surface area contributed by atoms with Crippen molar-refractivity contribution in [1.29, 1.82) is 0 Å². The van der Waals surface area contributed by atoms with Gasteiger partial charge in [0.25, 0.3) is 0 Å². The molecule has 0 atom stereocenters. The van der Waals surface area contributed by atoms with Crippen LogP contribution >= 0.6 is 0 Å². The van der Waals surface area contributed by atoms with Crippen molar-refractivity contribution < 1.29 is 9.59 Å². The molecule has 1 saturated heterocycles. The fraction of sp³-hybridized carbons (Fsp3) is 0.556. The predicted molar refractivity (Wildman–Crippen MR) is 90.3 cm³/mol. The molecule has 3 rings (SSSR count). The van der Waals surface area contributed by atoms with Crippen LogP contribution in [0.4, 0.5) is 10.5 Å². The first-order chi connectivity index (χ1) is 11.3. The maximum absolute atomic E-state index is 13.0. The smallest absolute Gasteiger partial charge is 0.321 e. The highest BCUT2D eigenvalue weighted by Crippen LogP contribution is 2.28. The molecule has 1 aromatic rings. The summed E-state index contributed by atoms with van der Waals surface area (Å²) in [5.41, 5.74) is 0.687. The number of hydrogen-bond acceptors (Lipinski definition) is 3. The van der Waals surface area contributed by atoms with E-state index in [1.54, 1.807) is 4.90 Å². The first-order valence-corrected chi connectivity index (χ1v) is 8.66. The molecule has 2 fully saturated rings. The van der Waals surface area contributed by atoms with Gasteiger partial charge in [-0.2, -0.15) is 0 Å². The average molecular weight is 315 g/mol. The second-order valence-corrected chi connectivity index (χ2v) is 6.36. The molecule has 1 heterocycles. The topological polar surface area (TPSA) is 52.7 Å². The second kappa shape index (κ2) is 7.59. The van der Waals surface area contributed by atoms with Gasteiger partial charge in [-0.1, -0.05) is 37.5 Å². The van der Waals surface area contributed by atoms with Crippen LogP contribution < -0.4 is 10.2 Å². The minimum Gasteiger partial charge on any atom is -0.321 e. The fourth-order valence-corrected chi connectivity index (χ4v) is 3.44. The van der Waals surface area contributed by atoms with Gasteiger partial charge in [0, 0.05) is 32.1 Å². The molecule has 23 heavy (non-hydrogen) atoms. The maximum Gasteiger partial charge on any atom is 0.331 e. The van der Waals surface area contributed by atoms with Gasteiger partial charge in [-0.25, -0.2) is 9.69 Å². The number of carbonyl (C=O) groups excluding carboxylic acids is 2. The third-order valence-electron chi connectivity index (χ3n) is 4.77. The number of nitrogens with one attached hydrogen (secondary N) is 1. The summed E-state index contributed by atoms with van der Waals surface area (Å²) < 4.78 is 0. The summed E-state index contributed by atoms with van der Waals surface area (Å²) in [4.78, 5) is 29.2.